The van der Waals surface area contributed by atoms with Gasteiger partial charge in [0.05, 0.1) is 0 Å². The highest BCUT2D eigenvalue weighted by molar-refractivity contribution is 8.00. The smallest absolute Gasteiger partial charge is 0.0440 e. The third-order valence-corrected chi connectivity index (χ3v) is 5.37. The van der Waals surface area contributed by atoms with E-state index in [2.05, 4.69) is 62.1 Å². The van der Waals surface area contributed by atoms with E-state index in [9.17, 15) is 0 Å². The van der Waals surface area contributed by atoms with Gasteiger partial charge in [-0.2, -0.15) is 11.8 Å². The van der Waals surface area contributed by atoms with Gasteiger partial charge in [0.1, 0.15) is 0 Å². The van der Waals surface area contributed by atoms with Gasteiger partial charge in [-0.05, 0) is 48.6 Å². The summed E-state index contributed by atoms with van der Waals surface area (Å²) < 4.78 is 0. The van der Waals surface area contributed by atoms with Crippen molar-refractivity contribution in [1.82, 2.24) is 5.32 Å². The summed E-state index contributed by atoms with van der Waals surface area (Å²) in [6.07, 6.45) is 3.94. The van der Waals surface area contributed by atoms with Gasteiger partial charge in [-0.25, -0.2) is 0 Å². The second-order valence-corrected chi connectivity index (χ2v) is 7.15. The van der Waals surface area contributed by atoms with Crippen molar-refractivity contribution in [3.05, 3.63) is 35.4 Å². The van der Waals surface area contributed by atoms with Crippen LogP contribution in [0.4, 0.5) is 0 Å². The Balaban J connectivity index is 2.11. The molecule has 1 nitrogen and oxygen atoms in total. The molecular weight excluding hydrogens is 250 g/mol. The quantitative estimate of drug-likeness (QED) is 0.805. The maximum Gasteiger partial charge on any atom is 0.0440 e. The van der Waals surface area contributed by atoms with Gasteiger partial charge in [-0.1, -0.05) is 45.0 Å². The van der Waals surface area contributed by atoms with E-state index in [0.29, 0.717) is 12.0 Å². The predicted molar refractivity (Wildman–Crippen MR) is 87.0 cm³/mol. The first-order valence-corrected chi connectivity index (χ1v) is 8.72. The molecule has 1 saturated heterocycles. The van der Waals surface area contributed by atoms with Crippen molar-refractivity contribution >= 4 is 11.8 Å². The van der Waals surface area contributed by atoms with Gasteiger partial charge in [0.25, 0.3) is 0 Å². The molecule has 2 atom stereocenters. The SMILES string of the molecule is CCCNC(c1ccc(C(C)C)cc1)C1CCCS1. The first-order chi connectivity index (χ1) is 9.22. The summed E-state index contributed by atoms with van der Waals surface area (Å²) in [6.45, 7) is 7.88. The molecule has 1 aliphatic rings. The maximum atomic E-state index is 3.76. The molecule has 0 bridgehead atoms. The molecule has 1 fully saturated rings. The molecule has 0 saturated carbocycles. The highest BCUT2D eigenvalue weighted by atomic mass is 32.2. The van der Waals surface area contributed by atoms with Gasteiger partial charge in [0.15, 0.2) is 0 Å². The largest absolute Gasteiger partial charge is 0.309 e. The average Bonchev–Trinajstić information content (AvgIpc) is 2.94. The van der Waals surface area contributed by atoms with Gasteiger partial charge in [0.2, 0.25) is 0 Å². The van der Waals surface area contributed by atoms with Crippen LogP contribution in [0.15, 0.2) is 24.3 Å². The number of hydrogen-bond donors (Lipinski definition) is 1. The van der Waals surface area contributed by atoms with Gasteiger partial charge in [-0.3, -0.25) is 0 Å². The van der Waals surface area contributed by atoms with E-state index in [0.717, 1.165) is 11.8 Å². The van der Waals surface area contributed by atoms with Crippen LogP contribution in [0, 0.1) is 0 Å². The molecule has 1 aromatic rings. The lowest BCUT2D eigenvalue weighted by molar-refractivity contribution is 0.503. The van der Waals surface area contributed by atoms with E-state index in [4.69, 9.17) is 0 Å². The Morgan fingerprint density at radius 2 is 1.89 bits per heavy atom. The van der Waals surface area contributed by atoms with Crippen molar-refractivity contribution in [3.8, 4) is 0 Å². The maximum absolute atomic E-state index is 3.76. The Morgan fingerprint density at radius 1 is 1.21 bits per heavy atom. The number of benzene rings is 1. The van der Waals surface area contributed by atoms with Crippen molar-refractivity contribution in [3.63, 3.8) is 0 Å². The molecule has 1 N–H and O–H groups in total. The number of rotatable bonds is 6. The van der Waals surface area contributed by atoms with E-state index < -0.39 is 0 Å². The molecule has 0 spiro atoms. The summed E-state index contributed by atoms with van der Waals surface area (Å²) in [5.41, 5.74) is 2.91. The Morgan fingerprint density at radius 3 is 2.42 bits per heavy atom. The minimum atomic E-state index is 0.536. The zero-order valence-electron chi connectivity index (χ0n) is 12.5. The second kappa shape index (κ2) is 7.35. The molecule has 1 aromatic carbocycles. The van der Waals surface area contributed by atoms with Crippen molar-refractivity contribution in [2.24, 2.45) is 0 Å². The monoisotopic (exact) mass is 277 g/mol. The summed E-state index contributed by atoms with van der Waals surface area (Å²) >= 11 is 2.14. The summed E-state index contributed by atoms with van der Waals surface area (Å²) in [6, 6.07) is 9.82. The van der Waals surface area contributed by atoms with E-state index in [-0.39, 0.29) is 0 Å². The van der Waals surface area contributed by atoms with Crippen molar-refractivity contribution in [2.75, 3.05) is 12.3 Å². The molecule has 2 rings (SSSR count). The van der Waals surface area contributed by atoms with E-state index in [1.807, 2.05) is 0 Å². The zero-order chi connectivity index (χ0) is 13.7. The van der Waals surface area contributed by atoms with Crippen molar-refractivity contribution < 1.29 is 0 Å². The Bertz CT molecular complexity index is 365. The highest BCUT2D eigenvalue weighted by Gasteiger charge is 2.26. The number of thioether (sulfide) groups is 1. The molecule has 0 radical (unpaired) electrons. The molecule has 1 heterocycles. The van der Waals surface area contributed by atoms with Crippen LogP contribution in [0.2, 0.25) is 0 Å². The minimum absolute atomic E-state index is 0.536. The van der Waals surface area contributed by atoms with E-state index in [1.54, 1.807) is 0 Å². The zero-order valence-corrected chi connectivity index (χ0v) is 13.3. The fourth-order valence-electron chi connectivity index (χ4n) is 2.72. The third-order valence-electron chi connectivity index (χ3n) is 3.91. The van der Waals surface area contributed by atoms with Crippen LogP contribution >= 0.6 is 11.8 Å². The summed E-state index contributed by atoms with van der Waals surface area (Å²) in [5, 5.41) is 4.52. The van der Waals surface area contributed by atoms with E-state index in [1.165, 1.54) is 36.1 Å². The van der Waals surface area contributed by atoms with Crippen LogP contribution < -0.4 is 5.32 Å². The molecule has 106 valence electrons. The molecular formula is C17H27NS. The Kier molecular flexibility index (Phi) is 5.77. The Hall–Kier alpha value is -0.470. The lowest BCUT2D eigenvalue weighted by Crippen LogP contribution is -2.29. The number of nitrogens with one attached hydrogen (secondary N) is 1. The first kappa shape index (κ1) is 14.9. The first-order valence-electron chi connectivity index (χ1n) is 7.67. The Labute approximate surface area is 122 Å². The standard InChI is InChI=1S/C17H27NS/c1-4-11-18-17(16-6-5-12-19-16)15-9-7-14(8-10-15)13(2)3/h7-10,13,16-18H,4-6,11-12H2,1-3H3. The van der Waals surface area contributed by atoms with Crippen LogP contribution in [0.1, 0.15) is 63.1 Å². The summed E-state index contributed by atoms with van der Waals surface area (Å²) in [7, 11) is 0. The van der Waals surface area contributed by atoms with E-state index >= 15 is 0 Å². The van der Waals surface area contributed by atoms with Gasteiger partial charge in [0, 0.05) is 11.3 Å². The molecule has 1 aliphatic heterocycles. The summed E-state index contributed by atoms with van der Waals surface area (Å²) in [5.74, 6) is 1.95. The fourth-order valence-corrected chi connectivity index (χ4v) is 4.13. The van der Waals surface area contributed by atoms with Crippen LogP contribution in [-0.4, -0.2) is 17.5 Å². The van der Waals surface area contributed by atoms with Gasteiger partial charge < -0.3 is 5.32 Å². The van der Waals surface area contributed by atoms with Gasteiger partial charge in [-0.15, -0.1) is 0 Å². The normalized spacial score (nSPS) is 20.9. The topological polar surface area (TPSA) is 12.0 Å². The predicted octanol–water partition coefficient (Wildman–Crippen LogP) is 4.75. The lowest BCUT2D eigenvalue weighted by Gasteiger charge is -2.25. The summed E-state index contributed by atoms with van der Waals surface area (Å²) in [4.78, 5) is 0. The van der Waals surface area contributed by atoms with Crippen LogP contribution in [0.5, 0.6) is 0 Å². The van der Waals surface area contributed by atoms with Gasteiger partial charge >= 0.3 is 0 Å². The van der Waals surface area contributed by atoms with Crippen LogP contribution in [-0.2, 0) is 0 Å². The molecule has 2 heteroatoms. The second-order valence-electron chi connectivity index (χ2n) is 5.80. The molecule has 0 amide bonds. The number of hydrogen-bond acceptors (Lipinski definition) is 2. The lowest BCUT2D eigenvalue weighted by atomic mass is 9.96. The molecule has 2 unspecified atom stereocenters. The van der Waals surface area contributed by atoms with Crippen LogP contribution in [0.25, 0.3) is 0 Å². The minimum Gasteiger partial charge on any atom is -0.309 e. The highest BCUT2D eigenvalue weighted by Crippen LogP contribution is 2.36. The average molecular weight is 277 g/mol. The fraction of sp³-hybridized carbons (Fsp3) is 0.647. The van der Waals surface area contributed by atoms with Crippen molar-refractivity contribution in [1.29, 1.82) is 0 Å². The molecule has 0 aromatic heterocycles. The van der Waals surface area contributed by atoms with Crippen LogP contribution in [0.3, 0.4) is 0 Å². The molecule has 0 aliphatic carbocycles. The third kappa shape index (κ3) is 4.00. The van der Waals surface area contributed by atoms with Crippen molar-refractivity contribution in [2.45, 2.75) is 57.2 Å². The molecule has 19 heavy (non-hydrogen) atoms.